The van der Waals surface area contributed by atoms with Gasteiger partial charge in [-0.1, -0.05) is 6.07 Å². The van der Waals surface area contributed by atoms with Crippen molar-refractivity contribution in [3.63, 3.8) is 0 Å². The molecule has 0 spiro atoms. The van der Waals surface area contributed by atoms with Crippen molar-refractivity contribution < 1.29 is 5.11 Å². The van der Waals surface area contributed by atoms with Crippen molar-refractivity contribution in [3.05, 3.63) is 23.8 Å². The first kappa shape index (κ1) is 9.40. The van der Waals surface area contributed by atoms with Crippen LogP contribution in [0.3, 0.4) is 0 Å². The first-order valence-electron chi connectivity index (χ1n) is 4.16. The molecule has 0 aliphatic rings. The molecule has 0 aliphatic carbocycles. The molecule has 1 aromatic rings. The average molecular weight is 176 g/mol. The van der Waals surface area contributed by atoms with Gasteiger partial charge in [-0.25, -0.2) is 0 Å². The maximum absolute atomic E-state index is 9.24. The van der Waals surface area contributed by atoms with E-state index in [0.717, 1.165) is 11.3 Å². The van der Waals surface area contributed by atoms with E-state index in [2.05, 4.69) is 6.19 Å². The molecule has 0 amide bonds. The van der Waals surface area contributed by atoms with Crippen LogP contribution in [0.2, 0.25) is 0 Å². The average Bonchev–Trinajstić information content (AvgIpc) is 2.13. The Balaban J connectivity index is 3.13. The van der Waals surface area contributed by atoms with Crippen LogP contribution < -0.4 is 4.90 Å². The van der Waals surface area contributed by atoms with Gasteiger partial charge in [0.2, 0.25) is 0 Å². The van der Waals surface area contributed by atoms with Gasteiger partial charge in [-0.05, 0) is 25.5 Å². The molecular formula is C10H12N2O. The van der Waals surface area contributed by atoms with E-state index < -0.39 is 0 Å². The lowest BCUT2D eigenvalue weighted by atomic mass is 10.2. The Morgan fingerprint density at radius 2 is 2.23 bits per heavy atom. The second-order valence-electron chi connectivity index (χ2n) is 2.82. The summed E-state index contributed by atoms with van der Waals surface area (Å²) in [6.07, 6.45) is 2.06. The molecule has 68 valence electrons. The zero-order chi connectivity index (χ0) is 9.84. The number of benzene rings is 1. The predicted octanol–water partition coefficient (Wildman–Crippen LogP) is 2.01. The van der Waals surface area contributed by atoms with E-state index in [-0.39, 0.29) is 5.75 Å². The van der Waals surface area contributed by atoms with Crippen molar-refractivity contribution in [2.45, 2.75) is 13.8 Å². The summed E-state index contributed by atoms with van der Waals surface area (Å²) in [4.78, 5) is 1.54. The zero-order valence-corrected chi connectivity index (χ0v) is 7.78. The van der Waals surface area contributed by atoms with Crippen molar-refractivity contribution in [1.82, 2.24) is 0 Å². The molecule has 3 heteroatoms. The predicted molar refractivity (Wildman–Crippen MR) is 51.5 cm³/mol. The molecule has 1 rings (SSSR count). The van der Waals surface area contributed by atoms with Crippen molar-refractivity contribution >= 4 is 5.69 Å². The highest BCUT2D eigenvalue weighted by Crippen LogP contribution is 2.23. The molecule has 0 heterocycles. The highest BCUT2D eigenvalue weighted by Gasteiger charge is 2.06. The highest BCUT2D eigenvalue weighted by molar-refractivity contribution is 5.58. The Hall–Kier alpha value is -1.69. The van der Waals surface area contributed by atoms with Crippen molar-refractivity contribution in [1.29, 1.82) is 5.26 Å². The molecule has 0 aromatic heterocycles. The van der Waals surface area contributed by atoms with Gasteiger partial charge in [0.25, 0.3) is 0 Å². The molecule has 0 saturated carbocycles. The summed E-state index contributed by atoms with van der Waals surface area (Å²) in [6.45, 7) is 4.42. The summed E-state index contributed by atoms with van der Waals surface area (Å²) < 4.78 is 0. The van der Waals surface area contributed by atoms with Crippen LogP contribution >= 0.6 is 0 Å². The Kier molecular flexibility index (Phi) is 2.76. The topological polar surface area (TPSA) is 47.3 Å². The highest BCUT2D eigenvalue weighted by atomic mass is 16.3. The maximum atomic E-state index is 9.24. The third-order valence-electron chi connectivity index (χ3n) is 1.92. The fourth-order valence-electron chi connectivity index (χ4n) is 1.18. The minimum atomic E-state index is 0.189. The Morgan fingerprint density at radius 3 is 2.77 bits per heavy atom. The molecule has 3 nitrogen and oxygen atoms in total. The molecule has 1 aromatic carbocycles. The van der Waals surface area contributed by atoms with E-state index in [1.54, 1.807) is 18.2 Å². The molecule has 1 N–H and O–H groups in total. The molecule has 0 atom stereocenters. The fourth-order valence-corrected chi connectivity index (χ4v) is 1.18. The standard InChI is InChI=1S/C10H12N2O/c1-3-12(7-11)10-6-9(13)5-4-8(10)2/h4-6,13H,3H2,1-2H3. The minimum absolute atomic E-state index is 0.189. The van der Waals surface area contributed by atoms with E-state index in [0.29, 0.717) is 6.54 Å². The number of phenols is 1. The minimum Gasteiger partial charge on any atom is -0.508 e. The summed E-state index contributed by atoms with van der Waals surface area (Å²) in [5, 5.41) is 18.0. The van der Waals surface area contributed by atoms with Crippen molar-refractivity contribution in [2.24, 2.45) is 0 Å². The number of nitriles is 1. The molecular weight excluding hydrogens is 164 g/mol. The molecule has 0 unspecified atom stereocenters. The summed E-state index contributed by atoms with van der Waals surface area (Å²) in [5.41, 5.74) is 1.76. The monoisotopic (exact) mass is 176 g/mol. The van der Waals surface area contributed by atoms with Gasteiger partial charge in [-0.3, -0.25) is 4.90 Å². The number of nitrogens with zero attached hydrogens (tertiary/aromatic N) is 2. The fraction of sp³-hybridized carbons (Fsp3) is 0.300. The molecule has 13 heavy (non-hydrogen) atoms. The van der Waals surface area contributed by atoms with Gasteiger partial charge in [0, 0.05) is 12.6 Å². The van der Waals surface area contributed by atoms with E-state index in [1.165, 1.54) is 4.90 Å². The van der Waals surface area contributed by atoms with E-state index in [4.69, 9.17) is 5.26 Å². The number of hydrogen-bond donors (Lipinski definition) is 1. The quantitative estimate of drug-likeness (QED) is 0.554. The van der Waals surface area contributed by atoms with E-state index >= 15 is 0 Å². The van der Waals surface area contributed by atoms with Gasteiger partial charge < -0.3 is 5.11 Å². The SMILES string of the molecule is CCN(C#N)c1cc(O)ccc1C. The molecule has 0 bridgehead atoms. The number of phenolic OH excluding ortho intramolecular Hbond substituents is 1. The number of anilines is 1. The van der Waals surface area contributed by atoms with Crippen LogP contribution in [0.5, 0.6) is 5.75 Å². The number of aromatic hydroxyl groups is 1. The van der Waals surface area contributed by atoms with E-state index in [1.807, 2.05) is 13.8 Å². The zero-order valence-electron chi connectivity index (χ0n) is 7.78. The van der Waals surface area contributed by atoms with Crippen molar-refractivity contribution in [2.75, 3.05) is 11.4 Å². The second kappa shape index (κ2) is 3.81. The molecule has 0 saturated heterocycles. The Labute approximate surface area is 77.8 Å². The summed E-state index contributed by atoms with van der Waals surface area (Å²) in [5.74, 6) is 0.189. The van der Waals surface area contributed by atoms with Crippen LogP contribution in [0, 0.1) is 18.4 Å². The summed E-state index contributed by atoms with van der Waals surface area (Å²) in [6, 6.07) is 5.01. The lowest BCUT2D eigenvalue weighted by molar-refractivity contribution is 0.475. The molecule has 0 aliphatic heterocycles. The van der Waals surface area contributed by atoms with E-state index in [9.17, 15) is 5.11 Å². The summed E-state index contributed by atoms with van der Waals surface area (Å²) >= 11 is 0. The van der Waals surface area contributed by atoms with Crippen LogP contribution in [0.15, 0.2) is 18.2 Å². The Morgan fingerprint density at radius 1 is 1.54 bits per heavy atom. The lowest BCUT2D eigenvalue weighted by Crippen LogP contribution is -2.15. The third-order valence-corrected chi connectivity index (χ3v) is 1.92. The smallest absolute Gasteiger partial charge is 0.184 e. The summed E-state index contributed by atoms with van der Waals surface area (Å²) in [7, 11) is 0. The number of aryl methyl sites for hydroxylation is 1. The third kappa shape index (κ3) is 1.91. The first-order valence-corrected chi connectivity index (χ1v) is 4.16. The van der Waals surface area contributed by atoms with Gasteiger partial charge in [0.1, 0.15) is 5.75 Å². The van der Waals surface area contributed by atoms with Gasteiger partial charge >= 0.3 is 0 Å². The van der Waals surface area contributed by atoms with Gasteiger partial charge in [0.05, 0.1) is 5.69 Å². The van der Waals surface area contributed by atoms with Crippen LogP contribution in [-0.4, -0.2) is 11.7 Å². The molecule has 0 radical (unpaired) electrons. The van der Waals surface area contributed by atoms with Crippen LogP contribution in [0.1, 0.15) is 12.5 Å². The first-order chi connectivity index (χ1) is 6.19. The van der Waals surface area contributed by atoms with Crippen molar-refractivity contribution in [3.8, 4) is 11.9 Å². The number of rotatable bonds is 2. The molecule has 0 fully saturated rings. The normalized spacial score (nSPS) is 9.31. The maximum Gasteiger partial charge on any atom is 0.184 e. The van der Waals surface area contributed by atoms with Gasteiger partial charge in [0.15, 0.2) is 6.19 Å². The van der Waals surface area contributed by atoms with Crippen LogP contribution in [0.25, 0.3) is 0 Å². The second-order valence-corrected chi connectivity index (χ2v) is 2.82. The van der Waals surface area contributed by atoms with Gasteiger partial charge in [-0.15, -0.1) is 0 Å². The lowest BCUT2D eigenvalue weighted by Gasteiger charge is -2.15. The number of hydrogen-bond acceptors (Lipinski definition) is 3. The van der Waals surface area contributed by atoms with Crippen LogP contribution in [-0.2, 0) is 0 Å². The van der Waals surface area contributed by atoms with Crippen LogP contribution in [0.4, 0.5) is 5.69 Å². The van der Waals surface area contributed by atoms with Gasteiger partial charge in [-0.2, -0.15) is 5.26 Å². The Bertz CT molecular complexity index is 341. The largest absolute Gasteiger partial charge is 0.508 e.